The van der Waals surface area contributed by atoms with Crippen LogP contribution in [0.4, 0.5) is 0 Å². The van der Waals surface area contributed by atoms with Gasteiger partial charge in [-0.25, -0.2) is 0 Å². The van der Waals surface area contributed by atoms with Gasteiger partial charge in [-0.15, -0.1) is 0 Å². The summed E-state index contributed by atoms with van der Waals surface area (Å²) in [5, 5.41) is 39.0. The lowest BCUT2D eigenvalue weighted by Gasteiger charge is -2.34. The molecule has 21 heavy (non-hydrogen) atoms. The fourth-order valence-electron chi connectivity index (χ4n) is 2.36. The van der Waals surface area contributed by atoms with E-state index in [0.29, 0.717) is 11.1 Å². The zero-order chi connectivity index (χ0) is 15.2. The topological polar surface area (TPSA) is 90.2 Å². The Hall–Kier alpha value is -2.82. The highest BCUT2D eigenvalue weighted by atomic mass is 16.5. The molecule has 0 aliphatic carbocycles. The molecule has 5 heteroatoms. The third kappa shape index (κ3) is 2.03. The van der Waals surface area contributed by atoms with E-state index in [1.54, 1.807) is 19.1 Å². The third-order valence-electron chi connectivity index (χ3n) is 3.61. The van der Waals surface area contributed by atoms with Crippen molar-refractivity contribution in [2.24, 2.45) is 0 Å². The normalized spacial score (nSPS) is 20.3. The highest BCUT2D eigenvalue weighted by Gasteiger charge is 2.38. The highest BCUT2D eigenvalue weighted by molar-refractivity contribution is 5.70. The number of hydrogen-bond acceptors (Lipinski definition) is 5. The number of aliphatic hydroxyl groups is 1. The largest absolute Gasteiger partial charge is 0.508 e. The molecule has 0 spiro atoms. The molecule has 1 aliphatic heterocycles. The van der Waals surface area contributed by atoms with Crippen LogP contribution in [0.15, 0.2) is 42.2 Å². The van der Waals surface area contributed by atoms with E-state index >= 15 is 0 Å². The van der Waals surface area contributed by atoms with Crippen LogP contribution in [0.1, 0.15) is 18.1 Å². The fourth-order valence-corrected chi connectivity index (χ4v) is 2.36. The number of benzene rings is 2. The third-order valence-corrected chi connectivity index (χ3v) is 3.61. The van der Waals surface area contributed by atoms with Crippen LogP contribution in [-0.2, 0) is 5.60 Å². The van der Waals surface area contributed by atoms with Gasteiger partial charge < -0.3 is 25.2 Å². The Morgan fingerprint density at radius 3 is 2.24 bits per heavy atom. The molecule has 1 heterocycles. The van der Waals surface area contributed by atoms with Gasteiger partial charge in [-0.3, -0.25) is 0 Å². The number of fused-ring (bicyclic) bond motifs is 1. The molecule has 2 aromatic rings. The molecule has 0 radical (unpaired) electrons. The molecule has 0 aromatic heterocycles. The summed E-state index contributed by atoms with van der Waals surface area (Å²) in [5.41, 5.74) is -0.231. The van der Waals surface area contributed by atoms with E-state index in [-0.39, 0.29) is 28.8 Å². The van der Waals surface area contributed by atoms with E-state index in [0.717, 1.165) is 0 Å². The molecular weight excluding hydrogens is 272 g/mol. The van der Waals surface area contributed by atoms with Gasteiger partial charge in [-0.1, -0.05) is 12.1 Å². The van der Waals surface area contributed by atoms with E-state index in [9.17, 15) is 20.4 Å². The van der Waals surface area contributed by atoms with Gasteiger partial charge in [0.15, 0.2) is 5.60 Å². The van der Waals surface area contributed by atoms with Crippen LogP contribution in [0.2, 0.25) is 0 Å². The Morgan fingerprint density at radius 1 is 0.905 bits per heavy atom. The van der Waals surface area contributed by atoms with Crippen molar-refractivity contribution in [3.05, 3.63) is 53.3 Å². The summed E-state index contributed by atoms with van der Waals surface area (Å²) < 4.78 is 5.80. The van der Waals surface area contributed by atoms with Gasteiger partial charge in [-0.05, 0) is 25.1 Å². The van der Waals surface area contributed by atoms with Crippen molar-refractivity contribution in [3.8, 4) is 23.0 Å². The molecule has 1 unspecified atom stereocenters. The highest BCUT2D eigenvalue weighted by Crippen LogP contribution is 2.45. The number of aliphatic hydroxyl groups excluding tert-OH is 1. The van der Waals surface area contributed by atoms with Crippen LogP contribution in [0.25, 0.3) is 6.08 Å². The van der Waals surface area contributed by atoms with Gasteiger partial charge in [0.1, 0.15) is 28.8 Å². The Bertz CT molecular complexity index is 733. The minimum Gasteiger partial charge on any atom is -0.508 e. The SMILES string of the molecule is CC1(c2ccc(O)cc2)Oc2cc(O)cc(O)c2C=C1O. The van der Waals surface area contributed by atoms with Crippen molar-refractivity contribution in [2.75, 3.05) is 0 Å². The maximum atomic E-state index is 10.3. The second-order valence-corrected chi connectivity index (χ2v) is 5.09. The van der Waals surface area contributed by atoms with Gasteiger partial charge in [0.25, 0.3) is 0 Å². The molecule has 0 bridgehead atoms. The van der Waals surface area contributed by atoms with Gasteiger partial charge >= 0.3 is 0 Å². The van der Waals surface area contributed by atoms with Gasteiger partial charge in [0, 0.05) is 17.7 Å². The van der Waals surface area contributed by atoms with Gasteiger partial charge in [0.2, 0.25) is 0 Å². The average molecular weight is 286 g/mol. The number of phenolic OH excluding ortho intramolecular Hbond substituents is 3. The first-order valence-electron chi connectivity index (χ1n) is 6.36. The number of ether oxygens (including phenoxy) is 1. The molecule has 108 valence electrons. The lowest BCUT2D eigenvalue weighted by Crippen LogP contribution is -2.34. The first-order valence-corrected chi connectivity index (χ1v) is 6.36. The lowest BCUT2D eigenvalue weighted by atomic mass is 9.90. The first-order chi connectivity index (χ1) is 9.90. The van der Waals surface area contributed by atoms with Gasteiger partial charge in [-0.2, -0.15) is 0 Å². The summed E-state index contributed by atoms with van der Waals surface area (Å²) in [6.45, 7) is 1.66. The van der Waals surface area contributed by atoms with Crippen LogP contribution in [0.5, 0.6) is 23.0 Å². The van der Waals surface area contributed by atoms with E-state index in [1.165, 1.54) is 30.3 Å². The van der Waals surface area contributed by atoms with Crippen molar-refractivity contribution in [1.29, 1.82) is 0 Å². The maximum Gasteiger partial charge on any atom is 0.187 e. The minimum atomic E-state index is -1.17. The fraction of sp³-hybridized carbons (Fsp3) is 0.125. The molecule has 4 N–H and O–H groups in total. The predicted octanol–water partition coefficient (Wildman–Crippen LogP) is 3.01. The molecule has 2 aromatic carbocycles. The van der Waals surface area contributed by atoms with Crippen molar-refractivity contribution in [3.63, 3.8) is 0 Å². The van der Waals surface area contributed by atoms with Gasteiger partial charge in [0.05, 0.1) is 5.56 Å². The van der Waals surface area contributed by atoms with Crippen molar-refractivity contribution in [1.82, 2.24) is 0 Å². The van der Waals surface area contributed by atoms with Crippen LogP contribution in [0.3, 0.4) is 0 Å². The number of hydrogen-bond donors (Lipinski definition) is 4. The van der Waals surface area contributed by atoms with Crippen molar-refractivity contribution in [2.45, 2.75) is 12.5 Å². The minimum absolute atomic E-state index is 0.0818. The van der Waals surface area contributed by atoms with Crippen molar-refractivity contribution >= 4 is 6.08 Å². The summed E-state index contributed by atoms with van der Waals surface area (Å²) in [5.74, 6) is -0.0155. The molecule has 0 saturated carbocycles. The molecular formula is C16H14O5. The van der Waals surface area contributed by atoms with Crippen molar-refractivity contribution < 1.29 is 25.2 Å². The monoisotopic (exact) mass is 286 g/mol. The average Bonchev–Trinajstić information content (AvgIpc) is 2.42. The summed E-state index contributed by atoms with van der Waals surface area (Å²) >= 11 is 0. The predicted molar refractivity (Wildman–Crippen MR) is 76.5 cm³/mol. The molecule has 0 amide bonds. The quantitative estimate of drug-likeness (QED) is 0.647. The van der Waals surface area contributed by atoms with Crippen LogP contribution < -0.4 is 4.74 Å². The van der Waals surface area contributed by atoms with E-state index in [4.69, 9.17) is 4.74 Å². The Morgan fingerprint density at radius 2 is 1.57 bits per heavy atom. The maximum absolute atomic E-state index is 10.3. The first kappa shape index (κ1) is 13.2. The Balaban J connectivity index is 2.13. The van der Waals surface area contributed by atoms with Crippen LogP contribution in [0, 0.1) is 0 Å². The Labute approximate surface area is 121 Å². The number of rotatable bonds is 1. The van der Waals surface area contributed by atoms with Crippen LogP contribution in [-0.4, -0.2) is 20.4 Å². The molecule has 1 atom stereocenters. The summed E-state index contributed by atoms with van der Waals surface area (Å²) in [6, 6.07) is 8.80. The van der Waals surface area contributed by atoms with E-state index in [2.05, 4.69) is 0 Å². The van der Waals surface area contributed by atoms with E-state index in [1.807, 2.05) is 0 Å². The smallest absolute Gasteiger partial charge is 0.187 e. The molecule has 0 fully saturated rings. The standard InChI is InChI=1S/C16H14O5/c1-16(9-2-4-10(17)5-3-9)15(20)8-12-13(19)6-11(18)7-14(12)21-16/h2-8,17-20H,1H3. The second-order valence-electron chi connectivity index (χ2n) is 5.09. The molecule has 3 rings (SSSR count). The number of phenols is 3. The van der Waals surface area contributed by atoms with E-state index < -0.39 is 5.60 Å². The molecule has 5 nitrogen and oxygen atoms in total. The molecule has 0 saturated heterocycles. The summed E-state index contributed by atoms with van der Waals surface area (Å²) in [6.07, 6.45) is 1.40. The lowest BCUT2D eigenvalue weighted by molar-refractivity contribution is 0.0731. The number of aromatic hydroxyl groups is 3. The zero-order valence-electron chi connectivity index (χ0n) is 11.2. The summed E-state index contributed by atoms with van der Waals surface area (Å²) in [7, 11) is 0. The second kappa shape index (κ2) is 4.34. The summed E-state index contributed by atoms with van der Waals surface area (Å²) in [4.78, 5) is 0. The molecule has 1 aliphatic rings. The zero-order valence-corrected chi connectivity index (χ0v) is 11.2. The van der Waals surface area contributed by atoms with Crippen LogP contribution >= 0.6 is 0 Å². The Kier molecular flexibility index (Phi) is 2.73.